The Morgan fingerprint density at radius 2 is 1.77 bits per heavy atom. The smallest absolute Gasteiger partial charge is 0.335 e. The van der Waals surface area contributed by atoms with Crippen molar-refractivity contribution in [2.75, 3.05) is 10.6 Å². The van der Waals surface area contributed by atoms with Gasteiger partial charge in [0.25, 0.3) is 0 Å². The lowest BCUT2D eigenvalue weighted by atomic mass is 9.92. The van der Waals surface area contributed by atoms with Crippen LogP contribution < -0.4 is 10.6 Å². The minimum absolute atomic E-state index is 0.149. The zero-order valence-electron chi connectivity index (χ0n) is 12.5. The summed E-state index contributed by atoms with van der Waals surface area (Å²) in [5.41, 5.74) is 1.18. The summed E-state index contributed by atoms with van der Waals surface area (Å²) >= 11 is 0. The van der Waals surface area contributed by atoms with Crippen LogP contribution in [0.25, 0.3) is 0 Å². The molecule has 1 aromatic carbocycles. The topological polar surface area (TPSA) is 104 Å². The zero-order chi connectivity index (χ0) is 16.3. The van der Waals surface area contributed by atoms with E-state index in [0.717, 1.165) is 5.69 Å². The third-order valence-corrected chi connectivity index (χ3v) is 2.91. The van der Waals surface area contributed by atoms with Crippen LogP contribution >= 0.6 is 0 Å². The molecule has 0 saturated carbocycles. The molecule has 22 heavy (non-hydrogen) atoms. The molecule has 0 spiro atoms. The Balaban J connectivity index is 1.98. The lowest BCUT2D eigenvalue weighted by Crippen LogP contribution is -2.19. The van der Waals surface area contributed by atoms with Crippen LogP contribution in [0.5, 0.6) is 0 Å². The van der Waals surface area contributed by atoms with E-state index in [1.165, 1.54) is 24.3 Å². The van der Waals surface area contributed by atoms with Crippen molar-refractivity contribution in [3.8, 4) is 0 Å². The van der Waals surface area contributed by atoms with Gasteiger partial charge in [-0.3, -0.25) is 5.32 Å². The predicted octanol–water partition coefficient (Wildman–Crippen LogP) is 3.31. The number of aromatic carboxylic acids is 1. The molecule has 2 aromatic rings. The van der Waals surface area contributed by atoms with E-state index in [1.54, 1.807) is 6.07 Å². The van der Waals surface area contributed by atoms with Crippen molar-refractivity contribution in [2.45, 2.75) is 26.2 Å². The van der Waals surface area contributed by atoms with Gasteiger partial charge >= 0.3 is 12.0 Å². The molecule has 0 atom stereocenters. The number of hydrogen-bond acceptors (Lipinski definition) is 4. The van der Waals surface area contributed by atoms with Gasteiger partial charge < -0.3 is 14.9 Å². The quantitative estimate of drug-likeness (QED) is 0.806. The van der Waals surface area contributed by atoms with Crippen molar-refractivity contribution < 1.29 is 19.2 Å². The van der Waals surface area contributed by atoms with E-state index in [9.17, 15) is 9.59 Å². The number of carboxylic acids is 1. The minimum atomic E-state index is -1.02. The average molecular weight is 303 g/mol. The average Bonchev–Trinajstić information content (AvgIpc) is 2.87. The molecule has 0 bridgehead atoms. The summed E-state index contributed by atoms with van der Waals surface area (Å²) in [5, 5.41) is 17.8. The molecule has 116 valence electrons. The van der Waals surface area contributed by atoms with E-state index in [0.29, 0.717) is 5.69 Å². The number of nitrogens with one attached hydrogen (secondary N) is 2. The molecule has 0 unspecified atom stereocenters. The third-order valence-electron chi connectivity index (χ3n) is 2.91. The van der Waals surface area contributed by atoms with Crippen LogP contribution in [0.3, 0.4) is 0 Å². The molecule has 0 saturated heterocycles. The first kappa shape index (κ1) is 15.6. The second-order valence-corrected chi connectivity index (χ2v) is 5.79. The maximum Gasteiger partial charge on any atom is 0.335 e. The fraction of sp³-hybridized carbons (Fsp3) is 0.267. The maximum absolute atomic E-state index is 11.8. The molecule has 1 heterocycles. The molecule has 2 rings (SSSR count). The number of carbonyl (C=O) groups excluding carboxylic acids is 1. The fourth-order valence-corrected chi connectivity index (χ4v) is 1.66. The van der Waals surface area contributed by atoms with E-state index in [-0.39, 0.29) is 16.9 Å². The van der Waals surface area contributed by atoms with Gasteiger partial charge in [0, 0.05) is 17.2 Å². The van der Waals surface area contributed by atoms with E-state index < -0.39 is 12.0 Å². The number of benzene rings is 1. The normalized spacial score (nSPS) is 11.0. The number of aromatic nitrogens is 1. The fourth-order valence-electron chi connectivity index (χ4n) is 1.66. The number of urea groups is 1. The van der Waals surface area contributed by atoms with Crippen LogP contribution in [0.4, 0.5) is 16.4 Å². The number of anilines is 2. The third kappa shape index (κ3) is 3.85. The minimum Gasteiger partial charge on any atom is -0.478 e. The second-order valence-electron chi connectivity index (χ2n) is 5.79. The molecule has 0 aliphatic carbocycles. The maximum atomic E-state index is 11.8. The molecule has 3 N–H and O–H groups in total. The molecule has 7 heteroatoms. The Labute approximate surface area is 127 Å². The second kappa shape index (κ2) is 5.88. The number of carbonyl (C=O) groups is 2. The van der Waals surface area contributed by atoms with Gasteiger partial charge in [0.1, 0.15) is 0 Å². The van der Waals surface area contributed by atoms with Crippen molar-refractivity contribution in [1.29, 1.82) is 0 Å². The van der Waals surface area contributed by atoms with Gasteiger partial charge in [0.2, 0.25) is 5.88 Å². The largest absolute Gasteiger partial charge is 0.478 e. The molecule has 7 nitrogen and oxygen atoms in total. The molecule has 1 aromatic heterocycles. The van der Waals surface area contributed by atoms with E-state index in [1.807, 2.05) is 20.8 Å². The number of hydrogen-bond donors (Lipinski definition) is 3. The van der Waals surface area contributed by atoms with E-state index >= 15 is 0 Å². The van der Waals surface area contributed by atoms with Crippen LogP contribution in [-0.2, 0) is 5.41 Å². The van der Waals surface area contributed by atoms with E-state index in [4.69, 9.17) is 9.63 Å². The summed E-state index contributed by atoms with van der Waals surface area (Å²) in [6.07, 6.45) is 0. The summed E-state index contributed by atoms with van der Waals surface area (Å²) in [6.45, 7) is 5.95. The van der Waals surface area contributed by atoms with Gasteiger partial charge in [-0.2, -0.15) is 0 Å². The standard InChI is InChI=1S/C15H17N3O4/c1-15(2,3)11-8-12(22-18-11)17-14(21)16-10-6-4-9(5-7-10)13(19)20/h4-8H,1-3H3,(H,19,20)(H2,16,17,21). The highest BCUT2D eigenvalue weighted by atomic mass is 16.5. The Hall–Kier alpha value is -2.83. The molecule has 2 amide bonds. The monoisotopic (exact) mass is 303 g/mol. The van der Waals surface area contributed by atoms with Crippen LogP contribution in [0.2, 0.25) is 0 Å². The van der Waals surface area contributed by atoms with Crippen molar-refractivity contribution in [1.82, 2.24) is 5.16 Å². The summed E-state index contributed by atoms with van der Waals surface area (Å²) in [4.78, 5) is 22.6. The van der Waals surface area contributed by atoms with Gasteiger partial charge in [0.05, 0.1) is 11.3 Å². The lowest BCUT2D eigenvalue weighted by Gasteiger charge is -2.12. The SMILES string of the molecule is CC(C)(C)c1cc(NC(=O)Nc2ccc(C(=O)O)cc2)on1. The summed E-state index contributed by atoms with van der Waals surface area (Å²) in [6, 6.07) is 6.98. The number of rotatable bonds is 3. The lowest BCUT2D eigenvalue weighted by molar-refractivity contribution is 0.0697. The first-order chi connectivity index (χ1) is 10.3. The Bertz CT molecular complexity index is 684. The van der Waals surface area contributed by atoms with Crippen LogP contribution in [0.1, 0.15) is 36.8 Å². The van der Waals surface area contributed by atoms with E-state index in [2.05, 4.69) is 15.8 Å². The van der Waals surface area contributed by atoms with Crippen molar-refractivity contribution in [3.05, 3.63) is 41.6 Å². The van der Waals surface area contributed by atoms with Crippen molar-refractivity contribution in [3.63, 3.8) is 0 Å². The Morgan fingerprint density at radius 3 is 2.27 bits per heavy atom. The summed E-state index contributed by atoms with van der Waals surface area (Å²) in [5.74, 6) is -0.781. The molecule has 0 radical (unpaired) electrons. The van der Waals surface area contributed by atoms with Gasteiger partial charge in [-0.25, -0.2) is 9.59 Å². The van der Waals surface area contributed by atoms with Crippen LogP contribution in [-0.4, -0.2) is 22.3 Å². The van der Waals surface area contributed by atoms with Crippen molar-refractivity contribution >= 4 is 23.6 Å². The van der Waals surface area contributed by atoms with Gasteiger partial charge in [-0.15, -0.1) is 0 Å². The number of nitrogens with zero attached hydrogens (tertiary/aromatic N) is 1. The van der Waals surface area contributed by atoms with Crippen LogP contribution in [0, 0.1) is 0 Å². The first-order valence-electron chi connectivity index (χ1n) is 6.64. The van der Waals surface area contributed by atoms with Crippen molar-refractivity contribution in [2.24, 2.45) is 0 Å². The summed E-state index contributed by atoms with van der Waals surface area (Å²) in [7, 11) is 0. The molecule has 0 aliphatic heterocycles. The summed E-state index contributed by atoms with van der Waals surface area (Å²) < 4.78 is 5.05. The Kier molecular flexibility index (Phi) is 4.16. The number of amides is 2. The predicted molar refractivity (Wildman–Crippen MR) is 81.2 cm³/mol. The van der Waals surface area contributed by atoms with Gasteiger partial charge in [0.15, 0.2) is 0 Å². The van der Waals surface area contributed by atoms with Crippen LogP contribution in [0.15, 0.2) is 34.9 Å². The highest BCUT2D eigenvalue weighted by Gasteiger charge is 2.19. The number of carboxylic acid groups (broad SMARTS) is 1. The molecule has 0 aliphatic rings. The van der Waals surface area contributed by atoms with Gasteiger partial charge in [-0.1, -0.05) is 25.9 Å². The highest BCUT2D eigenvalue weighted by Crippen LogP contribution is 2.23. The zero-order valence-corrected chi connectivity index (χ0v) is 12.5. The highest BCUT2D eigenvalue weighted by molar-refractivity contribution is 5.99. The first-order valence-corrected chi connectivity index (χ1v) is 6.64. The molecule has 0 fully saturated rings. The molecular formula is C15H17N3O4. The molecular weight excluding hydrogens is 286 g/mol. The Morgan fingerprint density at radius 1 is 1.14 bits per heavy atom. The van der Waals surface area contributed by atoms with Gasteiger partial charge in [-0.05, 0) is 24.3 Å².